The number of nitrogens with zero attached hydrogens (tertiary/aromatic N) is 1. The number of aliphatic carboxylic acids is 1. The number of carbonyl (C=O) groups excluding carboxylic acids is 1. The Kier molecular flexibility index (Phi) is 19.8. The highest BCUT2D eigenvalue weighted by molar-refractivity contribution is 8.22. The molecule has 6 saturated carbocycles. The fourth-order valence-corrected chi connectivity index (χ4v) is 19.7. The molecule has 0 radical (unpaired) electrons. The predicted octanol–water partition coefficient (Wildman–Crippen LogP) is 11.7. The molecule has 290 valence electrons. The van der Waals surface area contributed by atoms with Gasteiger partial charge in [0, 0.05) is 20.3 Å². The number of Topliss-reactive ketones (excluding diaryl/α,β-unsaturated/α-hetero) is 1. The molecule has 2 aliphatic heterocycles. The average Bonchev–Trinajstić information content (AvgIpc) is 3.12. The number of fused-ring (bicyclic) bond motifs is 6. The Balaban J connectivity index is 0.000000149. The van der Waals surface area contributed by atoms with Crippen LogP contribution in [0.3, 0.4) is 0 Å². The summed E-state index contributed by atoms with van der Waals surface area (Å²) in [5, 5.41) is 23.9. The van der Waals surface area contributed by atoms with E-state index in [1.807, 2.05) is 5.57 Å². The van der Waals surface area contributed by atoms with Crippen LogP contribution >= 0.6 is 47.0 Å². The molecule has 0 atom stereocenters. The molecule has 0 amide bonds. The second-order valence-electron chi connectivity index (χ2n) is 17.1. The minimum atomic E-state index is -0.830. The first-order valence-electron chi connectivity index (χ1n) is 20.6. The van der Waals surface area contributed by atoms with Gasteiger partial charge in [0.15, 0.2) is 0 Å². The summed E-state index contributed by atoms with van der Waals surface area (Å²) >= 11 is 8.73. The summed E-state index contributed by atoms with van der Waals surface area (Å²) < 4.78 is 2.73. The van der Waals surface area contributed by atoms with Crippen molar-refractivity contribution < 1.29 is 19.8 Å². The maximum Gasteiger partial charge on any atom is 0.307 e. The summed E-state index contributed by atoms with van der Waals surface area (Å²) in [6.45, 7) is 7.05. The molecule has 5 nitrogen and oxygen atoms in total. The third-order valence-electron chi connectivity index (χ3n) is 12.3. The van der Waals surface area contributed by atoms with Crippen molar-refractivity contribution in [1.29, 1.82) is 5.26 Å². The summed E-state index contributed by atoms with van der Waals surface area (Å²) in [6.07, 6.45) is 26.4. The maximum atomic E-state index is 11.4. The number of carbonyl (C=O) groups is 2. The number of thioether (sulfide) groups is 4. The number of hydrogen-bond donors (Lipinski definition) is 2. The number of allylic oxidation sites excluding steroid dienone is 1. The van der Waals surface area contributed by atoms with Gasteiger partial charge in [-0.3, -0.25) is 9.59 Å². The molecule has 8 aliphatic rings. The van der Waals surface area contributed by atoms with Gasteiger partial charge in [0.05, 0.1) is 20.1 Å². The van der Waals surface area contributed by atoms with E-state index in [9.17, 15) is 9.59 Å². The number of rotatable bonds is 2. The van der Waals surface area contributed by atoms with E-state index in [-0.39, 0.29) is 12.5 Å². The molecule has 0 aromatic heterocycles. The molecule has 8 fully saturated rings. The molecule has 0 spiro atoms. The van der Waals surface area contributed by atoms with Gasteiger partial charge in [0.2, 0.25) is 0 Å². The zero-order valence-electron chi connectivity index (χ0n) is 32.1. The summed E-state index contributed by atoms with van der Waals surface area (Å²) in [4.78, 5) is 22.4. The molecule has 51 heavy (non-hydrogen) atoms. The minimum Gasteiger partial charge on any atom is -0.481 e. The Hall–Kier alpha value is -0.0531. The van der Waals surface area contributed by atoms with Crippen LogP contribution in [0.5, 0.6) is 0 Å². The molecule has 2 N–H and O–H groups in total. The van der Waals surface area contributed by atoms with E-state index in [1.54, 1.807) is 4.24 Å². The monoisotopic (exact) mass is 795 g/mol. The average molecular weight is 796 g/mol. The minimum absolute atomic E-state index is 0.00694. The van der Waals surface area contributed by atoms with Gasteiger partial charge in [-0.05, 0) is 142 Å². The Morgan fingerprint density at radius 1 is 0.667 bits per heavy atom. The lowest BCUT2D eigenvalue weighted by Gasteiger charge is -2.39. The van der Waals surface area contributed by atoms with Crippen LogP contribution in [0.25, 0.3) is 0 Å². The number of aliphatic hydroxyl groups excluding tert-OH is 1. The van der Waals surface area contributed by atoms with Crippen LogP contribution in [-0.4, -0.2) is 63.9 Å². The number of hydrogen-bond acceptors (Lipinski definition) is 8. The van der Waals surface area contributed by atoms with Crippen molar-refractivity contribution in [3.63, 3.8) is 0 Å². The molecule has 2 heterocycles. The van der Waals surface area contributed by atoms with Crippen LogP contribution in [0.1, 0.15) is 128 Å². The first-order valence-corrected chi connectivity index (χ1v) is 28.3. The van der Waals surface area contributed by atoms with E-state index in [1.165, 1.54) is 132 Å². The molecule has 6 bridgehead atoms. The number of carboxylic acids is 1. The summed E-state index contributed by atoms with van der Waals surface area (Å²) in [7, 11) is -0.830. The molecule has 0 aromatic carbocycles. The number of carboxylic acid groups (broad SMARTS) is 1. The fraction of sp³-hybridized carbons (Fsp3) is 0.878. The lowest BCUT2D eigenvalue weighted by molar-refractivity contribution is -0.149. The Bertz CT molecular complexity index is 1070. The van der Waals surface area contributed by atoms with Crippen molar-refractivity contribution in [3.8, 4) is 6.07 Å². The Morgan fingerprint density at radius 3 is 1.35 bits per heavy atom. The zero-order chi connectivity index (χ0) is 36.6. The molecule has 8 rings (SSSR count). The largest absolute Gasteiger partial charge is 0.481 e. The van der Waals surface area contributed by atoms with Crippen molar-refractivity contribution in [3.05, 3.63) is 9.81 Å². The van der Waals surface area contributed by atoms with E-state index < -0.39 is 14.0 Å². The molecule has 2 saturated heterocycles. The van der Waals surface area contributed by atoms with Crippen molar-refractivity contribution in [2.45, 2.75) is 152 Å². The SMILES string of the molecule is C1CSC(=C2C3CCCC2CCC3)SC1.C[Si](C)(C)C1SCCCS1.N#CCO.O=C(O)C1C2CCCC1CCC2.O=C1C2CCCC1CCC2. The standard InChI is InChI=1S/C13H20S2.C10H16O2.C9H14O.C7H16S2Si.C2H3NO/c1-4-10-6-2-7-11(5-1)12(10)13-14-8-3-9-15-13;11-10(12)9-7-3-1-4-8(9)6-2-5-7;10-9-7-3-1-4-8(9)6-2-5-7;1-10(2,3)7-8-5-4-6-9-7;3-1-2-4/h10-11H,1-9H2;7-9H,1-6H2,(H,11,12);7-8H,1-6H2;7H,4-6H2,1-3H3;4H,2H2. The van der Waals surface area contributed by atoms with Crippen molar-refractivity contribution in [1.82, 2.24) is 0 Å². The van der Waals surface area contributed by atoms with E-state index in [0.717, 1.165) is 41.7 Å². The molecule has 0 aromatic rings. The van der Waals surface area contributed by atoms with E-state index in [0.29, 0.717) is 29.5 Å². The quantitative estimate of drug-likeness (QED) is 0.209. The van der Waals surface area contributed by atoms with Gasteiger partial charge in [-0.2, -0.15) is 28.8 Å². The third kappa shape index (κ3) is 13.9. The molecule has 0 unspecified atom stereocenters. The van der Waals surface area contributed by atoms with Crippen LogP contribution in [0, 0.1) is 52.8 Å². The Labute approximate surface area is 329 Å². The van der Waals surface area contributed by atoms with Crippen molar-refractivity contribution in [2.75, 3.05) is 29.6 Å². The summed E-state index contributed by atoms with van der Waals surface area (Å²) in [6, 6.07) is 1.49. The van der Waals surface area contributed by atoms with Crippen molar-refractivity contribution in [2.24, 2.45) is 41.4 Å². The van der Waals surface area contributed by atoms with Crippen LogP contribution in [0.2, 0.25) is 19.6 Å². The summed E-state index contributed by atoms with van der Waals surface area (Å²) in [5.41, 5.74) is 1.92. The van der Waals surface area contributed by atoms with Crippen molar-refractivity contribution >= 4 is 66.9 Å². The van der Waals surface area contributed by atoms with Gasteiger partial charge in [-0.15, -0.1) is 23.5 Å². The van der Waals surface area contributed by atoms with E-state index in [2.05, 4.69) is 66.7 Å². The first kappa shape index (κ1) is 43.7. The second kappa shape index (κ2) is 23.1. The summed E-state index contributed by atoms with van der Waals surface area (Å²) in [5.74, 6) is 9.59. The second-order valence-corrected chi connectivity index (χ2v) is 28.4. The van der Waals surface area contributed by atoms with Crippen LogP contribution in [-0.2, 0) is 9.59 Å². The topological polar surface area (TPSA) is 98.4 Å². The maximum absolute atomic E-state index is 11.4. The van der Waals surface area contributed by atoms with Gasteiger partial charge in [-0.1, -0.05) is 58.2 Å². The van der Waals surface area contributed by atoms with Crippen LogP contribution < -0.4 is 0 Å². The number of ketones is 1. The van der Waals surface area contributed by atoms with Gasteiger partial charge in [0.1, 0.15) is 12.4 Å². The number of nitriles is 1. The lowest BCUT2D eigenvalue weighted by atomic mass is 9.65. The third-order valence-corrected chi connectivity index (χ3v) is 24.1. The van der Waals surface area contributed by atoms with Gasteiger partial charge >= 0.3 is 5.97 Å². The van der Waals surface area contributed by atoms with Crippen LogP contribution in [0.4, 0.5) is 0 Å². The van der Waals surface area contributed by atoms with Gasteiger partial charge < -0.3 is 10.2 Å². The van der Waals surface area contributed by atoms with Gasteiger partial charge in [-0.25, -0.2) is 0 Å². The Morgan fingerprint density at radius 2 is 1.04 bits per heavy atom. The molecular weight excluding hydrogens is 727 g/mol. The van der Waals surface area contributed by atoms with E-state index >= 15 is 0 Å². The smallest absolute Gasteiger partial charge is 0.307 e. The predicted molar refractivity (Wildman–Crippen MR) is 226 cm³/mol. The fourth-order valence-electron chi connectivity index (χ4n) is 9.88. The van der Waals surface area contributed by atoms with Crippen LogP contribution in [0.15, 0.2) is 9.81 Å². The highest BCUT2D eigenvalue weighted by Gasteiger charge is 2.40. The lowest BCUT2D eigenvalue weighted by Crippen LogP contribution is -2.37. The first-order chi connectivity index (χ1) is 24.6. The highest BCUT2D eigenvalue weighted by Crippen LogP contribution is 2.51. The molecule has 10 heteroatoms. The van der Waals surface area contributed by atoms with Gasteiger partial charge in [0.25, 0.3) is 0 Å². The zero-order valence-corrected chi connectivity index (χ0v) is 36.4. The number of aliphatic hydroxyl groups is 1. The molecular formula is C41H69NO4S4Si. The molecule has 6 aliphatic carbocycles. The highest BCUT2D eigenvalue weighted by atomic mass is 32.2. The van der Waals surface area contributed by atoms with E-state index in [4.69, 9.17) is 15.5 Å². The normalized spacial score (nSPS) is 33.2.